The molecule has 0 unspecified atom stereocenters. The lowest BCUT2D eigenvalue weighted by Crippen LogP contribution is -2.37. The van der Waals surface area contributed by atoms with Crippen LogP contribution in [0.5, 0.6) is 0 Å². The zero-order valence-electron chi connectivity index (χ0n) is 15.7. The van der Waals surface area contributed by atoms with Crippen molar-refractivity contribution in [2.24, 2.45) is 0 Å². The van der Waals surface area contributed by atoms with Crippen molar-refractivity contribution >= 4 is 33.3 Å². The molecule has 142 valence electrons. The van der Waals surface area contributed by atoms with Gasteiger partial charge in [-0.1, -0.05) is 44.2 Å². The van der Waals surface area contributed by atoms with Gasteiger partial charge in [0.05, 0.1) is 11.9 Å². The molecule has 0 saturated heterocycles. The molecule has 1 amide bonds. The number of hydrogen-bond acceptors (Lipinski definition) is 6. The Hall–Kier alpha value is -2.51. The highest BCUT2D eigenvalue weighted by molar-refractivity contribution is 7.21. The number of thiophene rings is 1. The fourth-order valence-electron chi connectivity index (χ4n) is 2.86. The third-order valence-electron chi connectivity index (χ3n) is 4.45. The van der Waals surface area contributed by atoms with Crippen LogP contribution in [-0.4, -0.2) is 53.5 Å². The number of rotatable bonds is 9. The molecule has 0 radical (unpaired) electrons. The van der Waals surface area contributed by atoms with Crippen molar-refractivity contribution in [3.8, 4) is 10.4 Å². The average Bonchev–Trinajstić information content (AvgIpc) is 3.15. The maximum absolute atomic E-state index is 12.1. The van der Waals surface area contributed by atoms with Gasteiger partial charge in [-0.25, -0.2) is 9.97 Å². The van der Waals surface area contributed by atoms with Gasteiger partial charge in [-0.15, -0.1) is 11.3 Å². The topological polar surface area (TPSA) is 70.2 Å². The van der Waals surface area contributed by atoms with Crippen molar-refractivity contribution in [3.05, 3.63) is 42.7 Å². The fourth-order valence-corrected chi connectivity index (χ4v) is 3.87. The minimum Gasteiger partial charge on any atom is -0.360 e. The number of hydrogen-bond donors (Lipinski definition) is 2. The molecule has 3 aromatic rings. The van der Waals surface area contributed by atoms with Crippen LogP contribution in [0.4, 0.5) is 5.82 Å². The summed E-state index contributed by atoms with van der Waals surface area (Å²) in [6.07, 6.45) is 1.54. The summed E-state index contributed by atoms with van der Waals surface area (Å²) in [6.45, 7) is 7.94. The van der Waals surface area contributed by atoms with Crippen LogP contribution < -0.4 is 10.6 Å². The van der Waals surface area contributed by atoms with E-state index >= 15 is 0 Å². The van der Waals surface area contributed by atoms with E-state index in [1.165, 1.54) is 6.33 Å². The van der Waals surface area contributed by atoms with Crippen LogP contribution in [0.2, 0.25) is 0 Å². The lowest BCUT2D eigenvalue weighted by atomic mass is 10.2. The number of nitrogens with zero attached hydrogens (tertiary/aromatic N) is 3. The van der Waals surface area contributed by atoms with Crippen LogP contribution in [0.1, 0.15) is 13.8 Å². The predicted octanol–water partition coefficient (Wildman–Crippen LogP) is 3.23. The van der Waals surface area contributed by atoms with E-state index in [0.717, 1.165) is 40.3 Å². The molecule has 0 saturated carbocycles. The maximum atomic E-state index is 12.1. The zero-order chi connectivity index (χ0) is 19.1. The summed E-state index contributed by atoms with van der Waals surface area (Å²) in [5.74, 6) is 0.657. The second kappa shape index (κ2) is 9.43. The highest BCUT2D eigenvalue weighted by Crippen LogP contribution is 2.34. The largest absolute Gasteiger partial charge is 0.360 e. The van der Waals surface area contributed by atoms with Crippen LogP contribution >= 0.6 is 11.3 Å². The molecule has 0 bridgehead atoms. The van der Waals surface area contributed by atoms with Gasteiger partial charge < -0.3 is 15.5 Å². The van der Waals surface area contributed by atoms with E-state index in [0.29, 0.717) is 12.4 Å². The molecule has 6 nitrogen and oxygen atoms in total. The van der Waals surface area contributed by atoms with Crippen LogP contribution in [0.3, 0.4) is 0 Å². The zero-order valence-corrected chi connectivity index (χ0v) is 16.6. The Morgan fingerprint density at radius 3 is 2.67 bits per heavy atom. The first-order chi connectivity index (χ1) is 13.2. The Morgan fingerprint density at radius 2 is 1.93 bits per heavy atom. The molecule has 3 rings (SSSR count). The molecule has 7 heteroatoms. The van der Waals surface area contributed by atoms with Gasteiger partial charge in [0, 0.05) is 18.0 Å². The van der Waals surface area contributed by atoms with Crippen LogP contribution in [-0.2, 0) is 4.79 Å². The number of nitrogens with one attached hydrogen (secondary N) is 2. The number of benzene rings is 1. The molecule has 1 aromatic carbocycles. The number of likely N-dealkylation sites (N-methyl/N-ethyl adjacent to an activating group) is 1. The van der Waals surface area contributed by atoms with E-state index in [1.54, 1.807) is 11.3 Å². The normalized spacial score (nSPS) is 11.1. The molecular formula is C20H25N5OS. The van der Waals surface area contributed by atoms with Gasteiger partial charge in [0.25, 0.3) is 0 Å². The van der Waals surface area contributed by atoms with Crippen molar-refractivity contribution in [2.75, 3.05) is 38.0 Å². The molecule has 0 atom stereocenters. The van der Waals surface area contributed by atoms with Crippen LogP contribution in [0.25, 0.3) is 20.7 Å². The Balaban J connectivity index is 1.62. The summed E-state index contributed by atoms with van der Waals surface area (Å²) in [6, 6.07) is 12.3. The van der Waals surface area contributed by atoms with Crippen molar-refractivity contribution in [1.29, 1.82) is 0 Å². The molecule has 2 heterocycles. The lowest BCUT2D eigenvalue weighted by Gasteiger charge is -2.18. The van der Waals surface area contributed by atoms with Gasteiger partial charge in [-0.05, 0) is 24.7 Å². The van der Waals surface area contributed by atoms with E-state index in [1.807, 2.05) is 18.2 Å². The van der Waals surface area contributed by atoms with E-state index in [-0.39, 0.29) is 12.5 Å². The Labute approximate surface area is 163 Å². The first-order valence-electron chi connectivity index (χ1n) is 9.24. The molecule has 0 aliphatic carbocycles. The summed E-state index contributed by atoms with van der Waals surface area (Å²) in [4.78, 5) is 25.1. The number of fused-ring (bicyclic) bond motifs is 1. The molecular weight excluding hydrogens is 358 g/mol. The van der Waals surface area contributed by atoms with Crippen molar-refractivity contribution in [2.45, 2.75) is 13.8 Å². The molecule has 27 heavy (non-hydrogen) atoms. The Kier molecular flexibility index (Phi) is 6.73. The SMILES string of the molecule is CCN(CC)CCNC(=O)CNc1ncnc2sc(-c3ccccc3)cc12. The molecule has 0 aliphatic heterocycles. The first-order valence-corrected chi connectivity index (χ1v) is 10.1. The van der Waals surface area contributed by atoms with Crippen molar-refractivity contribution in [1.82, 2.24) is 20.2 Å². The third-order valence-corrected chi connectivity index (χ3v) is 5.54. The molecule has 2 N–H and O–H groups in total. The molecule has 0 fully saturated rings. The molecule has 0 spiro atoms. The van der Waals surface area contributed by atoms with Crippen LogP contribution in [0, 0.1) is 0 Å². The molecule has 2 aromatic heterocycles. The predicted molar refractivity (Wildman–Crippen MR) is 112 cm³/mol. The number of carbonyl (C=O) groups excluding carboxylic acids is 1. The van der Waals surface area contributed by atoms with Gasteiger partial charge in [-0.2, -0.15) is 0 Å². The van der Waals surface area contributed by atoms with Crippen molar-refractivity contribution < 1.29 is 4.79 Å². The van der Waals surface area contributed by atoms with E-state index in [4.69, 9.17) is 0 Å². The average molecular weight is 384 g/mol. The first kappa shape index (κ1) is 19.3. The van der Waals surface area contributed by atoms with E-state index in [9.17, 15) is 4.79 Å². The molecule has 0 aliphatic rings. The highest BCUT2D eigenvalue weighted by atomic mass is 32.1. The number of amides is 1. The van der Waals surface area contributed by atoms with E-state index < -0.39 is 0 Å². The Morgan fingerprint density at radius 1 is 1.15 bits per heavy atom. The maximum Gasteiger partial charge on any atom is 0.239 e. The second-order valence-corrected chi connectivity index (χ2v) is 7.18. The summed E-state index contributed by atoms with van der Waals surface area (Å²) >= 11 is 1.62. The van der Waals surface area contributed by atoms with Gasteiger partial charge in [0.1, 0.15) is 17.0 Å². The number of anilines is 1. The standard InChI is InChI=1S/C20H25N5OS/c1-3-25(4-2)11-10-21-18(26)13-22-19-16-12-17(15-8-6-5-7-9-15)27-20(16)24-14-23-19/h5-9,12,14H,3-4,10-11,13H2,1-2H3,(H,21,26)(H,22,23,24). The minimum absolute atomic E-state index is 0.0348. The van der Waals surface area contributed by atoms with Gasteiger partial charge >= 0.3 is 0 Å². The van der Waals surface area contributed by atoms with Gasteiger partial charge in [-0.3, -0.25) is 4.79 Å². The lowest BCUT2D eigenvalue weighted by molar-refractivity contribution is -0.119. The quantitative estimate of drug-likeness (QED) is 0.594. The number of aromatic nitrogens is 2. The van der Waals surface area contributed by atoms with Gasteiger partial charge in [0.15, 0.2) is 0 Å². The second-order valence-electron chi connectivity index (χ2n) is 6.15. The van der Waals surface area contributed by atoms with Crippen LogP contribution in [0.15, 0.2) is 42.7 Å². The monoisotopic (exact) mass is 383 g/mol. The smallest absolute Gasteiger partial charge is 0.239 e. The summed E-state index contributed by atoms with van der Waals surface area (Å²) in [7, 11) is 0. The van der Waals surface area contributed by atoms with Crippen molar-refractivity contribution in [3.63, 3.8) is 0 Å². The highest BCUT2D eigenvalue weighted by Gasteiger charge is 2.11. The minimum atomic E-state index is -0.0348. The summed E-state index contributed by atoms with van der Waals surface area (Å²) in [5, 5.41) is 7.04. The fraction of sp³-hybridized carbons (Fsp3) is 0.350. The summed E-state index contributed by atoms with van der Waals surface area (Å²) in [5.41, 5.74) is 1.15. The number of carbonyl (C=O) groups is 1. The summed E-state index contributed by atoms with van der Waals surface area (Å²) < 4.78 is 0. The van der Waals surface area contributed by atoms with E-state index in [2.05, 4.69) is 57.5 Å². The third kappa shape index (κ3) is 5.02. The Bertz CT molecular complexity index is 876. The van der Waals surface area contributed by atoms with Gasteiger partial charge in [0.2, 0.25) is 5.91 Å².